The average Bonchev–Trinajstić information content (AvgIpc) is 3.29. The first-order valence-electron chi connectivity index (χ1n) is 15.7. The van der Waals surface area contributed by atoms with Crippen molar-refractivity contribution in [2.45, 2.75) is 60.0 Å². The highest BCUT2D eigenvalue weighted by atomic mass is 16.5. The Labute approximate surface area is 266 Å². The standard InChI is InChI=1S/C40H42N2O3/c1-7-8-22-45-40(44)36-15-10-9-14-35(36)31-18-16-30(17-19-31)25-42-29(6)27(4)37-24-34(20-21-38(37)42)39(43)41-28(5)33-13-11-12-32(23-33)26(2)3/h9-21,23-24,28H,2,7-8,22,25H2,1,3-6H3,(H,41,43)/t28-/m0/s1. The molecule has 5 rings (SSSR count). The summed E-state index contributed by atoms with van der Waals surface area (Å²) < 4.78 is 7.79. The van der Waals surface area contributed by atoms with Gasteiger partial charge < -0.3 is 14.6 Å². The summed E-state index contributed by atoms with van der Waals surface area (Å²) in [7, 11) is 0. The number of hydrogen-bond donors (Lipinski definition) is 1. The zero-order valence-electron chi connectivity index (χ0n) is 26.9. The number of unbranched alkanes of at least 4 members (excludes halogenated alkanes) is 1. The van der Waals surface area contributed by atoms with E-state index < -0.39 is 0 Å². The Balaban J connectivity index is 1.34. The van der Waals surface area contributed by atoms with Gasteiger partial charge in [0.05, 0.1) is 18.2 Å². The van der Waals surface area contributed by atoms with Crippen molar-refractivity contribution in [3.05, 3.63) is 137 Å². The topological polar surface area (TPSA) is 60.3 Å². The van der Waals surface area contributed by atoms with Gasteiger partial charge in [-0.25, -0.2) is 4.79 Å². The number of carbonyl (C=O) groups is 2. The molecule has 0 aliphatic heterocycles. The zero-order valence-corrected chi connectivity index (χ0v) is 26.9. The van der Waals surface area contributed by atoms with Crippen LogP contribution in [-0.4, -0.2) is 23.1 Å². The minimum atomic E-state index is -0.285. The number of benzene rings is 4. The van der Waals surface area contributed by atoms with Crippen LogP contribution in [0.4, 0.5) is 0 Å². The maximum absolute atomic E-state index is 13.3. The first kappa shape index (κ1) is 31.5. The predicted octanol–water partition coefficient (Wildman–Crippen LogP) is 9.45. The number of aryl methyl sites for hydroxylation is 1. The summed E-state index contributed by atoms with van der Waals surface area (Å²) in [6.07, 6.45) is 1.84. The number of nitrogens with zero attached hydrogens (tertiary/aromatic N) is 1. The minimum absolute atomic E-state index is 0.0972. The quantitative estimate of drug-likeness (QED) is 0.122. The van der Waals surface area contributed by atoms with E-state index in [9.17, 15) is 9.59 Å². The maximum atomic E-state index is 13.3. The summed E-state index contributed by atoms with van der Waals surface area (Å²) >= 11 is 0. The Morgan fingerprint density at radius 3 is 2.40 bits per heavy atom. The second-order valence-electron chi connectivity index (χ2n) is 11.9. The lowest BCUT2D eigenvalue weighted by Crippen LogP contribution is -2.26. The molecule has 0 radical (unpaired) electrons. The molecule has 5 heteroatoms. The number of allylic oxidation sites excluding steroid dienone is 1. The Kier molecular flexibility index (Phi) is 9.68. The van der Waals surface area contributed by atoms with E-state index in [-0.39, 0.29) is 17.9 Å². The molecule has 1 atom stereocenters. The van der Waals surface area contributed by atoms with Crippen LogP contribution in [0.1, 0.15) is 88.3 Å². The molecule has 1 heterocycles. The number of hydrogen-bond acceptors (Lipinski definition) is 3. The number of rotatable bonds is 11. The first-order valence-corrected chi connectivity index (χ1v) is 15.7. The molecule has 0 aliphatic rings. The highest BCUT2D eigenvalue weighted by Crippen LogP contribution is 2.29. The van der Waals surface area contributed by atoms with Gasteiger partial charge in [-0.1, -0.05) is 86.2 Å². The summed E-state index contributed by atoms with van der Waals surface area (Å²) in [5.41, 5.74) is 10.7. The highest BCUT2D eigenvalue weighted by Gasteiger charge is 2.17. The molecule has 1 aromatic heterocycles. The van der Waals surface area contributed by atoms with Crippen LogP contribution < -0.4 is 5.32 Å². The Bertz CT molecular complexity index is 1860. The molecule has 0 spiro atoms. The van der Waals surface area contributed by atoms with Crippen LogP contribution in [0, 0.1) is 13.8 Å². The van der Waals surface area contributed by atoms with Gasteiger partial charge in [-0.3, -0.25) is 4.79 Å². The number of esters is 1. The van der Waals surface area contributed by atoms with Crippen LogP contribution in [0.3, 0.4) is 0 Å². The maximum Gasteiger partial charge on any atom is 0.338 e. The van der Waals surface area contributed by atoms with Crippen molar-refractivity contribution >= 4 is 28.4 Å². The average molecular weight is 599 g/mol. The number of nitrogens with one attached hydrogen (secondary N) is 1. The molecular weight excluding hydrogens is 556 g/mol. The lowest BCUT2D eigenvalue weighted by molar-refractivity contribution is 0.0500. The molecule has 1 amide bonds. The van der Waals surface area contributed by atoms with Gasteiger partial charge in [-0.15, -0.1) is 0 Å². The summed E-state index contributed by atoms with van der Waals surface area (Å²) in [6.45, 7) is 15.5. The van der Waals surface area contributed by atoms with Crippen LogP contribution in [-0.2, 0) is 11.3 Å². The molecule has 0 aliphatic carbocycles. The number of fused-ring (bicyclic) bond motifs is 1. The molecule has 1 N–H and O–H groups in total. The largest absolute Gasteiger partial charge is 0.462 e. The lowest BCUT2D eigenvalue weighted by atomic mass is 9.98. The summed E-state index contributed by atoms with van der Waals surface area (Å²) in [5.74, 6) is -0.382. The van der Waals surface area contributed by atoms with E-state index in [4.69, 9.17) is 4.74 Å². The smallest absolute Gasteiger partial charge is 0.338 e. The van der Waals surface area contributed by atoms with E-state index >= 15 is 0 Å². The van der Waals surface area contributed by atoms with E-state index in [0.29, 0.717) is 24.3 Å². The van der Waals surface area contributed by atoms with Crippen molar-refractivity contribution in [1.82, 2.24) is 9.88 Å². The van der Waals surface area contributed by atoms with Crippen LogP contribution in [0.25, 0.3) is 27.6 Å². The van der Waals surface area contributed by atoms with Crippen LogP contribution >= 0.6 is 0 Å². The molecule has 0 bridgehead atoms. The Hall–Kier alpha value is -4.90. The summed E-state index contributed by atoms with van der Waals surface area (Å²) in [6, 6.07) is 29.9. The summed E-state index contributed by atoms with van der Waals surface area (Å²) in [5, 5.41) is 4.24. The molecule has 0 saturated heterocycles. The van der Waals surface area contributed by atoms with Crippen molar-refractivity contribution in [3.8, 4) is 11.1 Å². The van der Waals surface area contributed by atoms with Crippen LogP contribution in [0.15, 0.2) is 97.6 Å². The van der Waals surface area contributed by atoms with Crippen LogP contribution in [0.2, 0.25) is 0 Å². The van der Waals surface area contributed by atoms with E-state index in [1.807, 2.05) is 74.5 Å². The Morgan fingerprint density at radius 2 is 1.67 bits per heavy atom. The fourth-order valence-corrected chi connectivity index (χ4v) is 5.70. The monoisotopic (exact) mass is 598 g/mol. The number of amides is 1. The van der Waals surface area contributed by atoms with Gasteiger partial charge in [0, 0.05) is 28.7 Å². The molecule has 4 aromatic carbocycles. The number of ether oxygens (including phenoxy) is 1. The zero-order chi connectivity index (χ0) is 32.1. The molecule has 45 heavy (non-hydrogen) atoms. The number of aromatic nitrogens is 1. The molecule has 230 valence electrons. The van der Waals surface area contributed by atoms with Gasteiger partial charge in [0.15, 0.2) is 0 Å². The van der Waals surface area contributed by atoms with Gasteiger partial charge in [-0.2, -0.15) is 0 Å². The molecule has 5 nitrogen and oxygen atoms in total. The molecule has 0 fully saturated rings. The SMILES string of the molecule is C=C(C)c1cccc([C@H](C)NC(=O)c2ccc3c(c2)c(C)c(C)n3Cc2ccc(-c3ccccc3C(=O)OCCCC)cc2)c1. The third-order valence-corrected chi connectivity index (χ3v) is 8.61. The van der Waals surface area contributed by atoms with E-state index in [0.717, 1.165) is 68.4 Å². The highest BCUT2D eigenvalue weighted by molar-refractivity contribution is 5.99. The molecule has 0 saturated carbocycles. The van der Waals surface area contributed by atoms with E-state index in [1.54, 1.807) is 0 Å². The van der Waals surface area contributed by atoms with Crippen molar-refractivity contribution in [2.75, 3.05) is 6.61 Å². The third-order valence-electron chi connectivity index (χ3n) is 8.61. The fraction of sp³-hybridized carbons (Fsp3) is 0.250. The number of carbonyl (C=O) groups excluding carboxylic acids is 2. The van der Waals surface area contributed by atoms with Gasteiger partial charge in [-0.05, 0) is 97.8 Å². The predicted molar refractivity (Wildman–Crippen MR) is 185 cm³/mol. The van der Waals surface area contributed by atoms with Gasteiger partial charge >= 0.3 is 5.97 Å². The van der Waals surface area contributed by atoms with Crippen molar-refractivity contribution < 1.29 is 14.3 Å². The molecule has 5 aromatic rings. The second kappa shape index (κ2) is 13.8. The molecule has 0 unspecified atom stereocenters. The van der Waals surface area contributed by atoms with E-state index in [1.165, 1.54) is 0 Å². The van der Waals surface area contributed by atoms with Crippen molar-refractivity contribution in [2.24, 2.45) is 0 Å². The van der Waals surface area contributed by atoms with Gasteiger partial charge in [0.25, 0.3) is 5.91 Å². The van der Waals surface area contributed by atoms with Gasteiger partial charge in [0.2, 0.25) is 0 Å². The third kappa shape index (κ3) is 6.93. The summed E-state index contributed by atoms with van der Waals surface area (Å²) in [4.78, 5) is 26.1. The van der Waals surface area contributed by atoms with Crippen molar-refractivity contribution in [3.63, 3.8) is 0 Å². The first-order chi connectivity index (χ1) is 21.7. The normalized spacial score (nSPS) is 11.8. The lowest BCUT2D eigenvalue weighted by Gasteiger charge is -2.16. The molecular formula is C40H42N2O3. The van der Waals surface area contributed by atoms with E-state index in [2.05, 4.69) is 67.6 Å². The fourth-order valence-electron chi connectivity index (χ4n) is 5.70. The van der Waals surface area contributed by atoms with Crippen molar-refractivity contribution in [1.29, 1.82) is 0 Å². The Morgan fingerprint density at radius 1 is 0.911 bits per heavy atom. The second-order valence-corrected chi connectivity index (χ2v) is 11.9. The van der Waals surface area contributed by atoms with Gasteiger partial charge in [0.1, 0.15) is 0 Å². The van der Waals surface area contributed by atoms with Crippen LogP contribution in [0.5, 0.6) is 0 Å². The minimum Gasteiger partial charge on any atom is -0.462 e.